The molecule has 0 bridgehead atoms. The molecule has 0 aliphatic carbocycles. The summed E-state index contributed by atoms with van der Waals surface area (Å²) in [6.45, 7) is 9.65. The molecular formula is C22H26N4O3. The van der Waals surface area contributed by atoms with Crippen LogP contribution in [0, 0.1) is 13.8 Å². The van der Waals surface area contributed by atoms with E-state index in [9.17, 15) is 9.59 Å². The SMILES string of the molecule is Cc1[nH]c2cc([C@@H]3Cc4ccccc4CN3C(=O)OC(C)(C)C)nn2c(=O)c1C. The number of hydrogen-bond donors (Lipinski definition) is 1. The van der Waals surface area contributed by atoms with E-state index in [1.54, 1.807) is 11.8 Å². The van der Waals surface area contributed by atoms with Gasteiger partial charge in [0, 0.05) is 23.9 Å². The summed E-state index contributed by atoms with van der Waals surface area (Å²) >= 11 is 0. The van der Waals surface area contributed by atoms with E-state index in [1.807, 2.05) is 52.0 Å². The highest BCUT2D eigenvalue weighted by Crippen LogP contribution is 2.34. The molecule has 4 rings (SSSR count). The van der Waals surface area contributed by atoms with Crippen LogP contribution in [0.4, 0.5) is 4.79 Å². The van der Waals surface area contributed by atoms with Gasteiger partial charge in [-0.25, -0.2) is 4.79 Å². The number of rotatable bonds is 1. The molecule has 3 aromatic rings. The number of aromatic amines is 1. The number of aryl methyl sites for hydroxylation is 1. The van der Waals surface area contributed by atoms with Gasteiger partial charge in [0.2, 0.25) is 0 Å². The lowest BCUT2D eigenvalue weighted by molar-refractivity contribution is 0.0111. The zero-order valence-corrected chi connectivity index (χ0v) is 17.4. The van der Waals surface area contributed by atoms with Crippen molar-refractivity contribution in [1.29, 1.82) is 0 Å². The largest absolute Gasteiger partial charge is 0.444 e. The predicted molar refractivity (Wildman–Crippen MR) is 110 cm³/mol. The number of carbonyl (C=O) groups is 1. The first-order valence-electron chi connectivity index (χ1n) is 9.79. The van der Waals surface area contributed by atoms with E-state index in [-0.39, 0.29) is 17.7 Å². The molecule has 0 unspecified atom stereocenters. The Morgan fingerprint density at radius 1 is 1.21 bits per heavy atom. The maximum Gasteiger partial charge on any atom is 0.411 e. The maximum absolute atomic E-state index is 13.0. The molecule has 2 aromatic heterocycles. The summed E-state index contributed by atoms with van der Waals surface area (Å²) in [6, 6.07) is 9.62. The van der Waals surface area contributed by atoms with Crippen molar-refractivity contribution in [1.82, 2.24) is 19.5 Å². The molecule has 0 saturated carbocycles. The van der Waals surface area contributed by atoms with E-state index in [4.69, 9.17) is 4.74 Å². The quantitative estimate of drug-likeness (QED) is 0.683. The van der Waals surface area contributed by atoms with Crippen molar-refractivity contribution in [2.75, 3.05) is 0 Å². The molecule has 0 saturated heterocycles. The number of nitrogens with zero attached hydrogens (tertiary/aromatic N) is 3. The number of hydrogen-bond acceptors (Lipinski definition) is 4. The van der Waals surface area contributed by atoms with Gasteiger partial charge in [0.05, 0.1) is 11.7 Å². The fourth-order valence-electron chi connectivity index (χ4n) is 3.71. The summed E-state index contributed by atoms with van der Waals surface area (Å²) in [5, 5.41) is 4.56. The van der Waals surface area contributed by atoms with Gasteiger partial charge in [-0.05, 0) is 52.2 Å². The van der Waals surface area contributed by atoms with Crippen LogP contribution in [-0.2, 0) is 17.7 Å². The average Bonchev–Trinajstić information content (AvgIpc) is 3.07. The van der Waals surface area contributed by atoms with E-state index >= 15 is 0 Å². The summed E-state index contributed by atoms with van der Waals surface area (Å²) in [6.07, 6.45) is 0.235. The first kappa shape index (κ1) is 19.2. The lowest BCUT2D eigenvalue weighted by atomic mass is 9.92. The summed E-state index contributed by atoms with van der Waals surface area (Å²) in [4.78, 5) is 30.6. The number of fused-ring (bicyclic) bond motifs is 2. The summed E-state index contributed by atoms with van der Waals surface area (Å²) in [7, 11) is 0. The molecule has 1 aromatic carbocycles. The Kier molecular flexibility index (Phi) is 4.48. The minimum absolute atomic E-state index is 0.150. The predicted octanol–water partition coefficient (Wildman–Crippen LogP) is 3.67. The fourth-order valence-corrected chi connectivity index (χ4v) is 3.71. The Bertz CT molecular complexity index is 1150. The van der Waals surface area contributed by atoms with Crippen LogP contribution in [0.25, 0.3) is 5.65 Å². The van der Waals surface area contributed by atoms with Crippen molar-refractivity contribution in [3.05, 3.63) is 68.8 Å². The van der Waals surface area contributed by atoms with E-state index in [2.05, 4.69) is 16.1 Å². The second-order valence-electron chi connectivity index (χ2n) is 8.64. The lowest BCUT2D eigenvalue weighted by Crippen LogP contribution is -2.42. The molecule has 0 fully saturated rings. The van der Waals surface area contributed by atoms with E-state index in [1.165, 1.54) is 10.1 Å². The van der Waals surface area contributed by atoms with Crippen molar-refractivity contribution in [2.24, 2.45) is 0 Å². The average molecular weight is 394 g/mol. The van der Waals surface area contributed by atoms with Gasteiger partial charge < -0.3 is 9.72 Å². The van der Waals surface area contributed by atoms with Gasteiger partial charge in [0.15, 0.2) is 0 Å². The van der Waals surface area contributed by atoms with Crippen LogP contribution in [0.3, 0.4) is 0 Å². The highest BCUT2D eigenvalue weighted by molar-refractivity contribution is 5.69. The van der Waals surface area contributed by atoms with Gasteiger partial charge in [-0.15, -0.1) is 0 Å². The van der Waals surface area contributed by atoms with Gasteiger partial charge >= 0.3 is 6.09 Å². The van der Waals surface area contributed by atoms with Crippen molar-refractivity contribution >= 4 is 11.7 Å². The van der Waals surface area contributed by atoms with Crippen LogP contribution in [0.1, 0.15) is 54.9 Å². The third-order valence-corrected chi connectivity index (χ3v) is 5.34. The highest BCUT2D eigenvalue weighted by Gasteiger charge is 2.35. The van der Waals surface area contributed by atoms with Gasteiger partial charge in [-0.2, -0.15) is 9.61 Å². The monoisotopic (exact) mass is 394 g/mol. The molecule has 1 atom stereocenters. The second-order valence-corrected chi connectivity index (χ2v) is 8.64. The number of amides is 1. The summed E-state index contributed by atoms with van der Waals surface area (Å²) in [5.74, 6) is 0. The Morgan fingerprint density at radius 2 is 1.90 bits per heavy atom. The maximum atomic E-state index is 13.0. The van der Waals surface area contributed by atoms with Crippen LogP contribution in [0.15, 0.2) is 35.1 Å². The van der Waals surface area contributed by atoms with E-state index in [0.717, 1.165) is 11.3 Å². The van der Waals surface area contributed by atoms with Gasteiger partial charge in [0.1, 0.15) is 11.2 Å². The molecule has 1 aliphatic heterocycles. The van der Waals surface area contributed by atoms with Crippen LogP contribution in [0.5, 0.6) is 0 Å². The first-order chi connectivity index (χ1) is 13.6. The van der Waals surface area contributed by atoms with E-state index in [0.29, 0.717) is 29.9 Å². The molecule has 0 radical (unpaired) electrons. The molecule has 3 heterocycles. The molecule has 1 N–H and O–H groups in total. The smallest absolute Gasteiger partial charge is 0.411 e. The Labute approximate surface area is 169 Å². The zero-order chi connectivity index (χ0) is 20.9. The first-order valence-corrected chi connectivity index (χ1v) is 9.79. The molecule has 29 heavy (non-hydrogen) atoms. The Morgan fingerprint density at radius 3 is 2.59 bits per heavy atom. The van der Waals surface area contributed by atoms with Crippen molar-refractivity contribution in [3.63, 3.8) is 0 Å². The van der Waals surface area contributed by atoms with Gasteiger partial charge in [-0.3, -0.25) is 9.69 Å². The normalized spacial score (nSPS) is 16.7. The van der Waals surface area contributed by atoms with Gasteiger partial charge in [-0.1, -0.05) is 24.3 Å². The minimum atomic E-state index is -0.596. The Balaban J connectivity index is 1.80. The standard InChI is InChI=1S/C22H26N4O3/c1-13-14(2)23-19-11-17(24-26(19)20(13)27)18-10-15-8-6-7-9-16(15)12-25(18)21(28)29-22(3,4)5/h6-9,11,18,23H,10,12H2,1-5H3/t18-/m0/s1. The third-order valence-electron chi connectivity index (χ3n) is 5.34. The number of carbonyl (C=O) groups excluding carboxylic acids is 1. The Hall–Kier alpha value is -3.09. The minimum Gasteiger partial charge on any atom is -0.444 e. The summed E-state index contributed by atoms with van der Waals surface area (Å²) in [5.41, 5.74) is 4.26. The molecule has 7 nitrogen and oxygen atoms in total. The molecule has 152 valence electrons. The van der Waals surface area contributed by atoms with E-state index < -0.39 is 5.60 Å². The van der Waals surface area contributed by atoms with Crippen LogP contribution >= 0.6 is 0 Å². The summed E-state index contributed by atoms with van der Waals surface area (Å²) < 4.78 is 7.04. The number of benzene rings is 1. The molecule has 1 aliphatic rings. The number of H-pyrrole nitrogens is 1. The number of nitrogens with one attached hydrogen (secondary N) is 1. The lowest BCUT2D eigenvalue weighted by Gasteiger charge is -2.37. The molecule has 1 amide bonds. The van der Waals surface area contributed by atoms with Crippen LogP contribution in [0.2, 0.25) is 0 Å². The zero-order valence-electron chi connectivity index (χ0n) is 17.4. The molecular weight excluding hydrogens is 368 g/mol. The third kappa shape index (κ3) is 3.52. The number of ether oxygens (including phenoxy) is 1. The van der Waals surface area contributed by atoms with Gasteiger partial charge in [0.25, 0.3) is 5.56 Å². The van der Waals surface area contributed by atoms with Crippen LogP contribution in [-0.4, -0.2) is 31.2 Å². The molecule has 0 spiro atoms. The van der Waals surface area contributed by atoms with Crippen molar-refractivity contribution in [2.45, 2.75) is 59.2 Å². The highest BCUT2D eigenvalue weighted by atomic mass is 16.6. The van der Waals surface area contributed by atoms with Crippen molar-refractivity contribution < 1.29 is 9.53 Å². The fraction of sp³-hybridized carbons (Fsp3) is 0.409. The molecule has 7 heteroatoms. The van der Waals surface area contributed by atoms with Crippen molar-refractivity contribution in [3.8, 4) is 0 Å². The second kappa shape index (κ2) is 6.76. The topological polar surface area (TPSA) is 79.7 Å². The van der Waals surface area contributed by atoms with Crippen LogP contribution < -0.4 is 5.56 Å². The number of aromatic nitrogens is 3.